The molecule has 0 fully saturated rings. The van der Waals surface area contributed by atoms with E-state index in [1.54, 1.807) is 4.90 Å². The SMILES string of the molecule is CCCCCCCCCCCCCCCC(=O)NCCOP(=O)([O-])OC[C@@H](COC(=O)CCCCCCCCCCCCCCC)OC(=O)CCCCCCCCCCCCCCC.CC[NH+](CC)CC. The van der Waals surface area contributed by atoms with Crippen LogP contribution < -0.4 is 15.1 Å². The molecule has 0 spiro atoms. The number of carbonyl (C=O) groups excluding carboxylic acids is 3. The first-order valence-electron chi connectivity index (χ1n) is 30.6. The maximum absolute atomic E-state index is 12.8. The van der Waals surface area contributed by atoms with Gasteiger partial charge in [0.2, 0.25) is 5.91 Å². The van der Waals surface area contributed by atoms with Crippen molar-refractivity contribution in [3.63, 3.8) is 0 Å². The van der Waals surface area contributed by atoms with Gasteiger partial charge in [0.15, 0.2) is 6.10 Å². The van der Waals surface area contributed by atoms with E-state index in [0.29, 0.717) is 12.8 Å². The Balaban J connectivity index is 0. The van der Waals surface area contributed by atoms with Crippen molar-refractivity contribution in [1.82, 2.24) is 5.32 Å². The summed E-state index contributed by atoms with van der Waals surface area (Å²) in [6, 6.07) is 0. The zero-order valence-corrected chi connectivity index (χ0v) is 48.7. The molecule has 0 aliphatic rings. The van der Waals surface area contributed by atoms with E-state index < -0.39 is 32.5 Å². The van der Waals surface area contributed by atoms with Crippen molar-refractivity contribution in [3.8, 4) is 0 Å². The maximum atomic E-state index is 12.8. The van der Waals surface area contributed by atoms with E-state index in [-0.39, 0.29) is 38.5 Å². The Bertz CT molecular complexity index is 1170. The highest BCUT2D eigenvalue weighted by Crippen LogP contribution is 2.38. The highest BCUT2D eigenvalue weighted by atomic mass is 31.2. The summed E-state index contributed by atoms with van der Waals surface area (Å²) in [6.07, 6.45) is 47.1. The quantitative estimate of drug-likeness (QED) is 0.0345. The molecule has 0 aromatic rings. The lowest BCUT2D eigenvalue weighted by molar-refractivity contribution is -0.894. The normalized spacial score (nSPS) is 12.6. The molecule has 0 aliphatic carbocycles. The molecule has 424 valence electrons. The average molecular weight is 1030 g/mol. The Labute approximate surface area is 440 Å². The average Bonchev–Trinajstić information content (AvgIpc) is 3.36. The van der Waals surface area contributed by atoms with Crippen molar-refractivity contribution >= 4 is 25.7 Å². The van der Waals surface area contributed by atoms with Crippen LogP contribution in [0.4, 0.5) is 0 Å². The molecule has 0 rings (SSSR count). The first kappa shape index (κ1) is 71.6. The number of quaternary nitrogens is 1. The second-order valence-corrected chi connectivity index (χ2v) is 21.9. The summed E-state index contributed by atoms with van der Waals surface area (Å²) in [4.78, 5) is 51.9. The monoisotopic (exact) mass is 1030 g/mol. The first-order valence-corrected chi connectivity index (χ1v) is 32.1. The third-order valence-corrected chi connectivity index (χ3v) is 14.8. The van der Waals surface area contributed by atoms with E-state index in [2.05, 4.69) is 46.9 Å². The van der Waals surface area contributed by atoms with Gasteiger partial charge in [-0.15, -0.1) is 0 Å². The summed E-state index contributed by atoms with van der Waals surface area (Å²) in [5.74, 6) is -1.02. The summed E-state index contributed by atoms with van der Waals surface area (Å²) in [5, 5.41) is 2.71. The lowest BCUT2D eigenvalue weighted by Crippen LogP contribution is -3.11. The van der Waals surface area contributed by atoms with Crippen LogP contribution in [0.5, 0.6) is 0 Å². The molecular formula is C59H119N2O9P. The van der Waals surface area contributed by atoms with Crippen LogP contribution in [-0.2, 0) is 37.5 Å². The predicted molar refractivity (Wildman–Crippen MR) is 297 cm³/mol. The Kier molecular flexibility index (Phi) is 58.2. The number of phosphoric acid groups is 1. The summed E-state index contributed by atoms with van der Waals surface area (Å²) in [7, 11) is -4.78. The van der Waals surface area contributed by atoms with Gasteiger partial charge in [-0.25, -0.2) is 0 Å². The van der Waals surface area contributed by atoms with E-state index in [1.165, 1.54) is 206 Å². The summed E-state index contributed by atoms with van der Waals surface area (Å²) < 4.78 is 33.7. The minimum Gasteiger partial charge on any atom is -0.756 e. The minimum atomic E-state index is -4.78. The third-order valence-electron chi connectivity index (χ3n) is 13.8. The second kappa shape index (κ2) is 57.8. The topological polar surface area (TPSA) is 145 Å². The van der Waals surface area contributed by atoms with E-state index in [0.717, 1.165) is 57.8 Å². The van der Waals surface area contributed by atoms with Crippen LogP contribution in [0.15, 0.2) is 0 Å². The minimum absolute atomic E-state index is 0.0290. The van der Waals surface area contributed by atoms with E-state index in [4.69, 9.17) is 18.5 Å². The summed E-state index contributed by atoms with van der Waals surface area (Å²) >= 11 is 0. The molecule has 0 aromatic carbocycles. The molecule has 0 radical (unpaired) electrons. The number of hydrogen-bond acceptors (Lipinski definition) is 9. The van der Waals surface area contributed by atoms with Gasteiger partial charge in [0.05, 0.1) is 32.8 Å². The molecule has 0 heterocycles. The maximum Gasteiger partial charge on any atom is 0.306 e. The third kappa shape index (κ3) is 57.6. The van der Waals surface area contributed by atoms with Crippen molar-refractivity contribution in [1.29, 1.82) is 0 Å². The second-order valence-electron chi connectivity index (χ2n) is 20.5. The highest BCUT2D eigenvalue weighted by Gasteiger charge is 2.21. The first-order chi connectivity index (χ1) is 34.6. The van der Waals surface area contributed by atoms with Crippen LogP contribution >= 0.6 is 7.82 Å². The number of esters is 2. The van der Waals surface area contributed by atoms with Crippen molar-refractivity contribution in [3.05, 3.63) is 0 Å². The number of ether oxygens (including phenoxy) is 2. The Morgan fingerprint density at radius 2 is 0.732 bits per heavy atom. The van der Waals surface area contributed by atoms with Crippen LogP contribution in [0.2, 0.25) is 0 Å². The van der Waals surface area contributed by atoms with Gasteiger partial charge >= 0.3 is 11.9 Å². The molecule has 0 saturated heterocycles. The number of carbonyl (C=O) groups is 3. The van der Waals surface area contributed by atoms with Crippen molar-refractivity contribution in [2.45, 2.75) is 317 Å². The molecule has 0 bridgehead atoms. The Morgan fingerprint density at radius 3 is 1.06 bits per heavy atom. The molecule has 2 atom stereocenters. The molecule has 11 nitrogen and oxygen atoms in total. The molecule has 0 aromatic heterocycles. The molecule has 71 heavy (non-hydrogen) atoms. The fourth-order valence-electron chi connectivity index (χ4n) is 8.89. The van der Waals surface area contributed by atoms with E-state index in [9.17, 15) is 23.8 Å². The predicted octanol–water partition coefficient (Wildman–Crippen LogP) is 15.4. The molecule has 12 heteroatoms. The van der Waals surface area contributed by atoms with Gasteiger partial charge in [-0.1, -0.05) is 252 Å². The van der Waals surface area contributed by atoms with Gasteiger partial charge in [0.25, 0.3) is 7.82 Å². The number of phosphoric ester groups is 1. The molecule has 1 amide bonds. The smallest absolute Gasteiger partial charge is 0.306 e. The van der Waals surface area contributed by atoms with Gasteiger partial charge in [0, 0.05) is 25.8 Å². The molecule has 2 N–H and O–H groups in total. The number of hydrogen-bond donors (Lipinski definition) is 2. The Morgan fingerprint density at radius 1 is 0.423 bits per heavy atom. The number of rotatable bonds is 55. The van der Waals surface area contributed by atoms with Gasteiger partial charge in [-0.2, -0.15) is 0 Å². The summed E-state index contributed by atoms with van der Waals surface area (Å²) in [6.45, 7) is 16.2. The lowest BCUT2D eigenvalue weighted by atomic mass is 10.0. The van der Waals surface area contributed by atoms with Crippen molar-refractivity contribution < 1.29 is 47.3 Å². The Hall–Kier alpha value is -1.52. The lowest BCUT2D eigenvalue weighted by Gasteiger charge is -2.25. The van der Waals surface area contributed by atoms with Crippen LogP contribution in [0.3, 0.4) is 0 Å². The molecule has 0 aliphatic heterocycles. The van der Waals surface area contributed by atoms with Gasteiger partial charge in [-0.05, 0) is 40.0 Å². The fraction of sp³-hybridized carbons (Fsp3) is 0.949. The largest absolute Gasteiger partial charge is 0.756 e. The standard InChI is InChI=1S/C53H104NO9P.C6H15N/c1-4-7-10-13-16-19-22-25-28-31-34-37-40-43-51(55)54-46-47-61-64(58,59)62-49-50(63-53(57)45-42-39-36-33-30-27-24-21-18-15-12-9-6-3)48-60-52(56)44-41-38-35-32-29-26-23-20-17-14-11-8-5-2;1-4-7(5-2)6-3/h50H,4-49H2,1-3H3,(H,54,55)(H,58,59);4-6H2,1-3H3/t50-;/m1./s1. The number of amides is 1. The zero-order chi connectivity index (χ0) is 52.6. The van der Waals surface area contributed by atoms with Gasteiger partial charge in [-0.3, -0.25) is 18.9 Å². The van der Waals surface area contributed by atoms with Crippen LogP contribution in [0.25, 0.3) is 0 Å². The number of unbranched alkanes of at least 4 members (excludes halogenated alkanes) is 36. The van der Waals surface area contributed by atoms with Crippen LogP contribution in [0.1, 0.15) is 311 Å². The van der Waals surface area contributed by atoms with Crippen molar-refractivity contribution in [2.24, 2.45) is 0 Å². The van der Waals surface area contributed by atoms with E-state index in [1.807, 2.05) is 0 Å². The zero-order valence-electron chi connectivity index (χ0n) is 47.8. The molecule has 0 saturated carbocycles. The van der Waals surface area contributed by atoms with Crippen LogP contribution in [-0.4, -0.2) is 69.9 Å². The van der Waals surface area contributed by atoms with E-state index >= 15 is 0 Å². The van der Waals surface area contributed by atoms with Crippen LogP contribution in [0, 0.1) is 0 Å². The molecule has 1 unspecified atom stereocenters. The van der Waals surface area contributed by atoms with Gasteiger partial charge < -0.3 is 33.6 Å². The van der Waals surface area contributed by atoms with Gasteiger partial charge in [0.1, 0.15) is 6.61 Å². The van der Waals surface area contributed by atoms with Crippen molar-refractivity contribution in [2.75, 3.05) is 46.0 Å². The summed E-state index contributed by atoms with van der Waals surface area (Å²) in [5.41, 5.74) is 0. The highest BCUT2D eigenvalue weighted by molar-refractivity contribution is 7.45. The molecular weight excluding hydrogens is 912 g/mol. The fourth-order valence-corrected chi connectivity index (χ4v) is 9.63. The number of nitrogens with one attached hydrogen (secondary N) is 2.